The molecule has 0 aliphatic rings. The van der Waals surface area contributed by atoms with E-state index < -0.39 is 6.10 Å². The number of aliphatic hydroxyl groups excluding tert-OH is 1. The van der Waals surface area contributed by atoms with E-state index in [9.17, 15) is 5.11 Å². The third-order valence-corrected chi connectivity index (χ3v) is 3.49. The van der Waals surface area contributed by atoms with Crippen molar-refractivity contribution in [1.29, 1.82) is 0 Å². The highest BCUT2D eigenvalue weighted by Gasteiger charge is 2.07. The fraction of sp³-hybridized carbons (Fsp3) is 0.143. The standard InChI is InChI=1S/C14H12ClIO2/c1-9(17)10-2-7-14(13(15)8-10)18-12-5-3-11(16)4-6-12/h2-9,17H,1H3/t9-/m0/s1. The predicted molar refractivity (Wildman–Crippen MR) is 81.3 cm³/mol. The van der Waals surface area contributed by atoms with Crippen molar-refractivity contribution in [3.63, 3.8) is 0 Å². The van der Waals surface area contributed by atoms with Crippen LogP contribution >= 0.6 is 34.2 Å². The minimum absolute atomic E-state index is 0.493. The Balaban J connectivity index is 2.22. The first-order chi connectivity index (χ1) is 8.56. The van der Waals surface area contributed by atoms with Crippen LogP contribution in [-0.4, -0.2) is 5.11 Å². The molecular weight excluding hydrogens is 363 g/mol. The first-order valence-corrected chi connectivity index (χ1v) is 6.93. The molecule has 2 aromatic rings. The van der Waals surface area contributed by atoms with Crippen molar-refractivity contribution < 1.29 is 9.84 Å². The lowest BCUT2D eigenvalue weighted by Gasteiger charge is -2.10. The zero-order valence-corrected chi connectivity index (χ0v) is 12.6. The van der Waals surface area contributed by atoms with E-state index in [0.29, 0.717) is 10.8 Å². The summed E-state index contributed by atoms with van der Waals surface area (Å²) in [6, 6.07) is 13.0. The lowest BCUT2D eigenvalue weighted by Crippen LogP contribution is -1.92. The molecule has 4 heteroatoms. The van der Waals surface area contributed by atoms with Gasteiger partial charge in [-0.2, -0.15) is 0 Å². The second kappa shape index (κ2) is 5.91. The minimum Gasteiger partial charge on any atom is -0.456 e. The number of ether oxygens (including phenoxy) is 1. The van der Waals surface area contributed by atoms with Gasteiger partial charge in [-0.05, 0) is 71.5 Å². The Morgan fingerprint density at radius 1 is 1.17 bits per heavy atom. The van der Waals surface area contributed by atoms with E-state index in [1.807, 2.05) is 24.3 Å². The van der Waals surface area contributed by atoms with Crippen molar-refractivity contribution in [3.8, 4) is 11.5 Å². The maximum absolute atomic E-state index is 9.46. The van der Waals surface area contributed by atoms with Gasteiger partial charge in [0, 0.05) is 3.57 Å². The zero-order valence-electron chi connectivity index (χ0n) is 9.73. The highest BCUT2D eigenvalue weighted by molar-refractivity contribution is 14.1. The van der Waals surface area contributed by atoms with Crippen LogP contribution in [0.1, 0.15) is 18.6 Å². The molecule has 18 heavy (non-hydrogen) atoms. The number of benzene rings is 2. The Hall–Kier alpha value is -0.780. The van der Waals surface area contributed by atoms with Crippen molar-refractivity contribution in [1.82, 2.24) is 0 Å². The maximum Gasteiger partial charge on any atom is 0.146 e. The van der Waals surface area contributed by atoms with E-state index in [1.54, 1.807) is 25.1 Å². The van der Waals surface area contributed by atoms with Crippen LogP contribution in [0.2, 0.25) is 5.02 Å². The molecule has 2 rings (SSSR count). The second-order valence-electron chi connectivity index (χ2n) is 3.92. The van der Waals surface area contributed by atoms with Crippen LogP contribution in [0.5, 0.6) is 11.5 Å². The SMILES string of the molecule is C[C@H](O)c1ccc(Oc2ccc(I)cc2)c(Cl)c1. The summed E-state index contributed by atoms with van der Waals surface area (Å²) >= 11 is 8.35. The van der Waals surface area contributed by atoms with Gasteiger partial charge in [-0.15, -0.1) is 0 Å². The van der Waals surface area contributed by atoms with E-state index in [0.717, 1.165) is 14.9 Å². The lowest BCUT2D eigenvalue weighted by atomic mass is 10.1. The third-order valence-electron chi connectivity index (χ3n) is 2.48. The molecule has 94 valence electrons. The van der Waals surface area contributed by atoms with Crippen LogP contribution in [0.4, 0.5) is 0 Å². The fourth-order valence-electron chi connectivity index (χ4n) is 1.49. The summed E-state index contributed by atoms with van der Waals surface area (Å²) in [5.41, 5.74) is 0.773. The molecule has 0 fully saturated rings. The van der Waals surface area contributed by atoms with Gasteiger partial charge in [-0.25, -0.2) is 0 Å². The monoisotopic (exact) mass is 374 g/mol. The van der Waals surface area contributed by atoms with E-state index in [1.165, 1.54) is 0 Å². The Labute approximate surface area is 125 Å². The van der Waals surface area contributed by atoms with Crippen molar-refractivity contribution in [2.45, 2.75) is 13.0 Å². The predicted octanol–water partition coefficient (Wildman–Crippen LogP) is 4.79. The maximum atomic E-state index is 9.46. The van der Waals surface area contributed by atoms with Crippen molar-refractivity contribution >= 4 is 34.2 Å². The number of halogens is 2. The van der Waals surface area contributed by atoms with Gasteiger partial charge in [0.25, 0.3) is 0 Å². The van der Waals surface area contributed by atoms with Crippen LogP contribution in [0.25, 0.3) is 0 Å². The Bertz CT molecular complexity index is 538. The third kappa shape index (κ3) is 3.37. The minimum atomic E-state index is -0.533. The van der Waals surface area contributed by atoms with Gasteiger partial charge >= 0.3 is 0 Å². The highest BCUT2D eigenvalue weighted by atomic mass is 127. The summed E-state index contributed by atoms with van der Waals surface area (Å²) in [6.45, 7) is 1.70. The molecule has 0 aromatic heterocycles. The molecule has 0 heterocycles. The van der Waals surface area contributed by atoms with Crippen LogP contribution in [0, 0.1) is 3.57 Å². The van der Waals surface area contributed by atoms with Gasteiger partial charge in [-0.3, -0.25) is 0 Å². The van der Waals surface area contributed by atoms with Crippen molar-refractivity contribution in [2.24, 2.45) is 0 Å². The van der Waals surface area contributed by atoms with Crippen LogP contribution in [0.15, 0.2) is 42.5 Å². The summed E-state index contributed by atoms with van der Waals surface area (Å²) in [6.07, 6.45) is -0.533. The molecular formula is C14H12ClIO2. The topological polar surface area (TPSA) is 29.5 Å². The van der Waals surface area contributed by atoms with Gasteiger partial charge < -0.3 is 9.84 Å². The number of hydrogen-bond acceptors (Lipinski definition) is 2. The summed E-state index contributed by atoms with van der Waals surface area (Å²) < 4.78 is 6.83. The summed E-state index contributed by atoms with van der Waals surface area (Å²) in [7, 11) is 0. The quantitative estimate of drug-likeness (QED) is 0.783. The summed E-state index contributed by atoms with van der Waals surface area (Å²) in [5.74, 6) is 1.32. The van der Waals surface area contributed by atoms with Gasteiger partial charge in [0.05, 0.1) is 11.1 Å². The molecule has 0 bridgehead atoms. The summed E-state index contributed by atoms with van der Waals surface area (Å²) in [4.78, 5) is 0. The van der Waals surface area contributed by atoms with Crippen molar-refractivity contribution in [3.05, 3.63) is 56.6 Å². The summed E-state index contributed by atoms with van der Waals surface area (Å²) in [5, 5.41) is 9.95. The molecule has 1 atom stereocenters. The largest absolute Gasteiger partial charge is 0.456 e. The molecule has 2 nitrogen and oxygen atoms in total. The fourth-order valence-corrected chi connectivity index (χ4v) is 2.08. The molecule has 0 saturated heterocycles. The molecule has 0 radical (unpaired) electrons. The molecule has 0 aliphatic carbocycles. The highest BCUT2D eigenvalue weighted by Crippen LogP contribution is 2.31. The number of aliphatic hydroxyl groups is 1. The number of hydrogen-bond donors (Lipinski definition) is 1. The van der Waals surface area contributed by atoms with E-state index in [4.69, 9.17) is 16.3 Å². The van der Waals surface area contributed by atoms with Crippen molar-refractivity contribution in [2.75, 3.05) is 0 Å². The van der Waals surface area contributed by atoms with E-state index in [-0.39, 0.29) is 0 Å². The Morgan fingerprint density at radius 2 is 1.83 bits per heavy atom. The molecule has 1 N–H and O–H groups in total. The second-order valence-corrected chi connectivity index (χ2v) is 5.57. The van der Waals surface area contributed by atoms with Crippen LogP contribution in [-0.2, 0) is 0 Å². The smallest absolute Gasteiger partial charge is 0.146 e. The Kier molecular flexibility index (Phi) is 4.48. The van der Waals surface area contributed by atoms with E-state index in [2.05, 4.69) is 22.6 Å². The first-order valence-electron chi connectivity index (χ1n) is 5.47. The van der Waals surface area contributed by atoms with Gasteiger partial charge in [-0.1, -0.05) is 17.7 Å². The Morgan fingerprint density at radius 3 is 2.39 bits per heavy atom. The average Bonchev–Trinajstić information content (AvgIpc) is 2.34. The van der Waals surface area contributed by atoms with E-state index >= 15 is 0 Å². The van der Waals surface area contributed by atoms with Crippen LogP contribution < -0.4 is 4.74 Å². The lowest BCUT2D eigenvalue weighted by molar-refractivity contribution is 0.199. The van der Waals surface area contributed by atoms with Gasteiger partial charge in [0.15, 0.2) is 0 Å². The van der Waals surface area contributed by atoms with Gasteiger partial charge in [0.2, 0.25) is 0 Å². The molecule has 0 amide bonds. The molecule has 0 unspecified atom stereocenters. The molecule has 2 aromatic carbocycles. The number of rotatable bonds is 3. The normalized spacial score (nSPS) is 12.2. The average molecular weight is 375 g/mol. The van der Waals surface area contributed by atoms with Crippen LogP contribution in [0.3, 0.4) is 0 Å². The zero-order chi connectivity index (χ0) is 13.1. The first kappa shape index (κ1) is 13.6. The molecule has 0 saturated carbocycles. The molecule has 0 aliphatic heterocycles. The van der Waals surface area contributed by atoms with Gasteiger partial charge in [0.1, 0.15) is 11.5 Å². The molecule has 0 spiro atoms.